The summed E-state index contributed by atoms with van der Waals surface area (Å²) in [7, 11) is 0. The number of hydrogen-bond donors (Lipinski definition) is 0. The summed E-state index contributed by atoms with van der Waals surface area (Å²) in [4.78, 5) is 4.87. The van der Waals surface area contributed by atoms with Crippen molar-refractivity contribution in [3.8, 4) is 0 Å². The number of rotatable bonds is 4. The number of hydrogen-bond acceptors (Lipinski definition) is 2. The fourth-order valence-corrected chi connectivity index (χ4v) is 1.58. The van der Waals surface area contributed by atoms with Crippen LogP contribution in [0.2, 0.25) is 0 Å². The van der Waals surface area contributed by atoms with Gasteiger partial charge in [0.05, 0.1) is 5.56 Å². The van der Waals surface area contributed by atoms with Gasteiger partial charge in [-0.3, -0.25) is 0 Å². The van der Waals surface area contributed by atoms with Crippen molar-refractivity contribution in [1.82, 2.24) is 0 Å². The number of benzene rings is 2. The summed E-state index contributed by atoms with van der Waals surface area (Å²) >= 11 is 0. The molecule has 0 heterocycles. The van der Waals surface area contributed by atoms with Crippen LogP contribution in [-0.4, -0.2) is 6.21 Å². The second-order valence-corrected chi connectivity index (χ2v) is 4.19. The monoisotopic (exact) mass is 296 g/mol. The highest BCUT2D eigenvalue weighted by Crippen LogP contribution is 2.29. The molecule has 0 saturated carbocycles. The van der Waals surface area contributed by atoms with Crippen LogP contribution in [0.3, 0.4) is 0 Å². The SMILES string of the molecule is Fc1cccc(CO/N=[C]\c2cccc(C(F)(F)F)c2)c1. The fourth-order valence-electron chi connectivity index (χ4n) is 1.58. The van der Waals surface area contributed by atoms with E-state index in [0.717, 1.165) is 12.1 Å². The third-order valence-electron chi connectivity index (χ3n) is 2.55. The van der Waals surface area contributed by atoms with Crippen molar-refractivity contribution in [1.29, 1.82) is 0 Å². The van der Waals surface area contributed by atoms with Gasteiger partial charge < -0.3 is 4.84 Å². The molecule has 6 heteroatoms. The van der Waals surface area contributed by atoms with Crippen LogP contribution in [0.15, 0.2) is 53.7 Å². The largest absolute Gasteiger partial charge is 0.416 e. The highest BCUT2D eigenvalue weighted by atomic mass is 19.4. The third kappa shape index (κ3) is 4.59. The van der Waals surface area contributed by atoms with Gasteiger partial charge in [-0.25, -0.2) is 4.39 Å². The van der Waals surface area contributed by atoms with Crippen LogP contribution in [-0.2, 0) is 17.6 Å². The van der Waals surface area contributed by atoms with Crippen LogP contribution < -0.4 is 0 Å². The standard InChI is InChI=1S/C15H10F4NO/c16-14-6-2-4-12(8-14)10-21-20-9-11-3-1-5-13(7-11)15(17,18)19/h1-8H,10H2. The molecular weight excluding hydrogens is 286 g/mol. The van der Waals surface area contributed by atoms with E-state index in [4.69, 9.17) is 4.84 Å². The lowest BCUT2D eigenvalue weighted by molar-refractivity contribution is -0.137. The van der Waals surface area contributed by atoms with E-state index in [2.05, 4.69) is 11.4 Å². The second-order valence-electron chi connectivity index (χ2n) is 4.19. The van der Waals surface area contributed by atoms with Gasteiger partial charge in [-0.1, -0.05) is 29.4 Å². The molecule has 0 saturated heterocycles. The Bertz CT molecular complexity index is 638. The topological polar surface area (TPSA) is 21.6 Å². The summed E-state index contributed by atoms with van der Waals surface area (Å²) < 4.78 is 50.4. The molecule has 0 aliphatic heterocycles. The van der Waals surface area contributed by atoms with Crippen molar-refractivity contribution in [2.75, 3.05) is 0 Å². The molecule has 2 aromatic rings. The van der Waals surface area contributed by atoms with Crippen molar-refractivity contribution in [3.05, 3.63) is 71.0 Å². The van der Waals surface area contributed by atoms with Crippen LogP contribution in [0.25, 0.3) is 0 Å². The van der Waals surface area contributed by atoms with Gasteiger partial charge in [0, 0.05) is 5.56 Å². The van der Waals surface area contributed by atoms with E-state index in [1.807, 2.05) is 0 Å². The minimum Gasteiger partial charge on any atom is -0.390 e. The Morgan fingerprint density at radius 2 is 1.81 bits per heavy atom. The molecule has 0 aromatic heterocycles. The van der Waals surface area contributed by atoms with E-state index in [0.29, 0.717) is 5.56 Å². The third-order valence-corrected chi connectivity index (χ3v) is 2.55. The van der Waals surface area contributed by atoms with Crippen molar-refractivity contribution in [2.24, 2.45) is 5.16 Å². The predicted octanol–water partition coefficient (Wildman–Crippen LogP) is 4.27. The quantitative estimate of drug-likeness (QED) is 0.469. The Hall–Kier alpha value is -2.37. The zero-order valence-electron chi connectivity index (χ0n) is 10.7. The molecule has 2 nitrogen and oxygen atoms in total. The molecule has 0 aliphatic rings. The maximum atomic E-state index is 12.9. The van der Waals surface area contributed by atoms with Gasteiger partial charge in [-0.05, 0) is 29.8 Å². The Balaban J connectivity index is 1.96. The van der Waals surface area contributed by atoms with Crippen molar-refractivity contribution in [2.45, 2.75) is 12.8 Å². The maximum absolute atomic E-state index is 12.9. The molecule has 0 N–H and O–H groups in total. The van der Waals surface area contributed by atoms with Gasteiger partial charge >= 0.3 is 6.18 Å². The molecule has 0 spiro atoms. The first kappa shape index (κ1) is 15.0. The van der Waals surface area contributed by atoms with Gasteiger partial charge in [-0.15, -0.1) is 0 Å². The van der Waals surface area contributed by atoms with E-state index < -0.39 is 17.6 Å². The average Bonchev–Trinajstić information content (AvgIpc) is 2.43. The molecule has 1 radical (unpaired) electrons. The molecular formula is C15H10F4NO. The Morgan fingerprint density at radius 3 is 2.52 bits per heavy atom. The lowest BCUT2D eigenvalue weighted by atomic mass is 10.1. The average molecular weight is 296 g/mol. The first-order valence-corrected chi connectivity index (χ1v) is 5.95. The highest BCUT2D eigenvalue weighted by molar-refractivity contribution is 5.79. The zero-order chi connectivity index (χ0) is 15.3. The minimum atomic E-state index is -4.42. The van der Waals surface area contributed by atoms with Gasteiger partial charge in [0.1, 0.15) is 18.6 Å². The van der Waals surface area contributed by atoms with Crippen LogP contribution in [0.1, 0.15) is 16.7 Å². The van der Waals surface area contributed by atoms with E-state index in [1.165, 1.54) is 30.3 Å². The molecule has 2 aromatic carbocycles. The van der Waals surface area contributed by atoms with E-state index in [9.17, 15) is 17.6 Å². The van der Waals surface area contributed by atoms with Gasteiger partial charge in [0.15, 0.2) is 0 Å². The van der Waals surface area contributed by atoms with Crippen molar-refractivity contribution in [3.63, 3.8) is 0 Å². The lowest BCUT2D eigenvalue weighted by Crippen LogP contribution is -2.05. The molecule has 0 aliphatic carbocycles. The van der Waals surface area contributed by atoms with Gasteiger partial charge in [-0.2, -0.15) is 13.2 Å². The minimum absolute atomic E-state index is 0.00369. The molecule has 0 unspecified atom stereocenters. The van der Waals surface area contributed by atoms with E-state index in [-0.39, 0.29) is 12.2 Å². The number of alkyl halides is 3. The van der Waals surface area contributed by atoms with Crippen molar-refractivity contribution < 1.29 is 22.4 Å². The molecule has 21 heavy (non-hydrogen) atoms. The zero-order valence-corrected chi connectivity index (χ0v) is 10.7. The molecule has 0 amide bonds. The Morgan fingerprint density at radius 1 is 1.05 bits per heavy atom. The lowest BCUT2D eigenvalue weighted by Gasteiger charge is -2.06. The maximum Gasteiger partial charge on any atom is 0.416 e. The second kappa shape index (κ2) is 6.39. The summed E-state index contributed by atoms with van der Waals surface area (Å²) in [5, 5.41) is 3.45. The first-order chi connectivity index (χ1) is 9.95. The highest BCUT2D eigenvalue weighted by Gasteiger charge is 2.30. The van der Waals surface area contributed by atoms with Gasteiger partial charge in [0.25, 0.3) is 0 Å². The van der Waals surface area contributed by atoms with Crippen LogP contribution >= 0.6 is 0 Å². The van der Waals surface area contributed by atoms with E-state index >= 15 is 0 Å². The summed E-state index contributed by atoms with van der Waals surface area (Å²) in [5.74, 6) is -0.401. The Labute approximate surface area is 118 Å². The first-order valence-electron chi connectivity index (χ1n) is 5.95. The molecule has 0 fully saturated rings. The van der Waals surface area contributed by atoms with Crippen LogP contribution in [0.4, 0.5) is 17.6 Å². The molecule has 0 bridgehead atoms. The number of nitrogens with zero attached hydrogens (tertiary/aromatic N) is 1. The molecule has 0 atom stereocenters. The summed E-state index contributed by atoms with van der Waals surface area (Å²) in [5.41, 5.74) is -0.0820. The number of halogens is 4. The van der Waals surface area contributed by atoms with Gasteiger partial charge in [0.2, 0.25) is 0 Å². The summed E-state index contributed by atoms with van der Waals surface area (Å²) in [6, 6.07) is 10.3. The predicted molar refractivity (Wildman–Crippen MR) is 69.2 cm³/mol. The van der Waals surface area contributed by atoms with Crippen LogP contribution in [0, 0.1) is 5.82 Å². The van der Waals surface area contributed by atoms with Crippen molar-refractivity contribution >= 4 is 6.21 Å². The summed E-state index contributed by atoms with van der Waals surface area (Å²) in [6.45, 7) is 0.00369. The summed E-state index contributed by atoms with van der Waals surface area (Å²) in [6.07, 6.45) is -2.07. The van der Waals surface area contributed by atoms with E-state index in [1.54, 1.807) is 6.07 Å². The van der Waals surface area contributed by atoms with Crippen LogP contribution in [0.5, 0.6) is 0 Å². The normalized spacial score (nSPS) is 11.8. The fraction of sp³-hybridized carbons (Fsp3) is 0.133. The molecule has 2 rings (SSSR count). The Kier molecular flexibility index (Phi) is 4.57. The molecule has 109 valence electrons. The smallest absolute Gasteiger partial charge is 0.390 e.